The van der Waals surface area contributed by atoms with E-state index in [0.29, 0.717) is 5.92 Å². The van der Waals surface area contributed by atoms with Crippen LogP contribution in [-0.2, 0) is 6.54 Å². The maximum Gasteiger partial charge on any atom is 0.106 e. The fourth-order valence-electron chi connectivity index (χ4n) is 2.01. The van der Waals surface area contributed by atoms with Gasteiger partial charge in [-0.2, -0.15) is 0 Å². The summed E-state index contributed by atoms with van der Waals surface area (Å²) in [5.41, 5.74) is 10.1. The minimum absolute atomic E-state index is 0.610. The number of hydrogen-bond acceptors (Lipinski definition) is 2. The molecular weight excluding hydrogens is 198 g/mol. The Hall–Kier alpha value is -1.51. The zero-order chi connectivity index (χ0) is 11.9. The Labute approximate surface area is 96.3 Å². The molecule has 0 fully saturated rings. The van der Waals surface area contributed by atoms with Crippen molar-refractivity contribution in [3.05, 3.63) is 23.5 Å². The molecule has 2 N–H and O–H groups in total. The average Bonchev–Trinajstić information content (AvgIpc) is 2.45. The molecule has 0 aliphatic heterocycles. The lowest BCUT2D eigenvalue weighted by Crippen LogP contribution is -2.06. The lowest BCUT2D eigenvalue weighted by molar-refractivity contribution is 0.524. The van der Waals surface area contributed by atoms with Gasteiger partial charge >= 0.3 is 0 Å². The van der Waals surface area contributed by atoms with E-state index in [9.17, 15) is 0 Å². The Kier molecular flexibility index (Phi) is 2.62. The van der Waals surface area contributed by atoms with E-state index in [1.54, 1.807) is 0 Å². The molecule has 0 radical (unpaired) electrons. The van der Waals surface area contributed by atoms with Crippen LogP contribution in [0.2, 0.25) is 0 Å². The van der Waals surface area contributed by atoms with Gasteiger partial charge in [0.25, 0.3) is 0 Å². The molecule has 0 aliphatic rings. The molecule has 0 saturated carbocycles. The minimum Gasteiger partial charge on any atom is -0.398 e. The van der Waals surface area contributed by atoms with Crippen LogP contribution in [0.4, 0.5) is 5.69 Å². The first-order valence-electron chi connectivity index (χ1n) is 5.72. The SMILES string of the molecule is Cc1cc2nc(C)n(CC(C)C)c2cc1N. The summed E-state index contributed by atoms with van der Waals surface area (Å²) in [4.78, 5) is 4.58. The van der Waals surface area contributed by atoms with E-state index in [4.69, 9.17) is 5.73 Å². The Bertz CT molecular complexity index is 523. The van der Waals surface area contributed by atoms with E-state index in [1.165, 1.54) is 0 Å². The van der Waals surface area contributed by atoms with Gasteiger partial charge in [-0.15, -0.1) is 0 Å². The number of fused-ring (bicyclic) bond motifs is 1. The molecule has 3 nitrogen and oxygen atoms in total. The van der Waals surface area contributed by atoms with Gasteiger partial charge in [0.15, 0.2) is 0 Å². The van der Waals surface area contributed by atoms with E-state index >= 15 is 0 Å². The lowest BCUT2D eigenvalue weighted by atomic mass is 10.1. The van der Waals surface area contributed by atoms with Crippen molar-refractivity contribution in [1.29, 1.82) is 0 Å². The molecule has 0 saturated heterocycles. The topological polar surface area (TPSA) is 43.8 Å². The zero-order valence-corrected chi connectivity index (χ0v) is 10.4. The van der Waals surface area contributed by atoms with Crippen LogP contribution >= 0.6 is 0 Å². The van der Waals surface area contributed by atoms with Crippen molar-refractivity contribution < 1.29 is 0 Å². The molecule has 3 heteroatoms. The monoisotopic (exact) mass is 217 g/mol. The average molecular weight is 217 g/mol. The molecule has 2 aromatic rings. The van der Waals surface area contributed by atoms with Crippen LogP contribution in [-0.4, -0.2) is 9.55 Å². The minimum atomic E-state index is 0.610. The van der Waals surface area contributed by atoms with Crippen LogP contribution in [0.15, 0.2) is 12.1 Å². The highest BCUT2D eigenvalue weighted by Crippen LogP contribution is 2.23. The first-order chi connectivity index (χ1) is 7.49. The van der Waals surface area contributed by atoms with Crippen molar-refractivity contribution in [3.63, 3.8) is 0 Å². The number of nitrogens with zero attached hydrogens (tertiary/aromatic N) is 2. The highest BCUT2D eigenvalue weighted by molar-refractivity contribution is 5.81. The van der Waals surface area contributed by atoms with Crippen LogP contribution in [0.5, 0.6) is 0 Å². The first kappa shape index (κ1) is 11.0. The third kappa shape index (κ3) is 1.77. The highest BCUT2D eigenvalue weighted by Gasteiger charge is 2.10. The molecule has 0 atom stereocenters. The van der Waals surface area contributed by atoms with Crippen LogP contribution in [0, 0.1) is 19.8 Å². The fraction of sp³-hybridized carbons (Fsp3) is 0.462. The van der Waals surface area contributed by atoms with Crippen LogP contribution < -0.4 is 5.73 Å². The maximum absolute atomic E-state index is 5.95. The van der Waals surface area contributed by atoms with Crippen molar-refractivity contribution in [1.82, 2.24) is 9.55 Å². The first-order valence-corrected chi connectivity index (χ1v) is 5.72. The number of rotatable bonds is 2. The molecule has 0 bridgehead atoms. The van der Waals surface area contributed by atoms with E-state index in [0.717, 1.165) is 34.7 Å². The second-order valence-electron chi connectivity index (χ2n) is 4.86. The van der Waals surface area contributed by atoms with E-state index in [1.807, 2.05) is 19.9 Å². The smallest absolute Gasteiger partial charge is 0.106 e. The number of hydrogen-bond donors (Lipinski definition) is 1. The summed E-state index contributed by atoms with van der Waals surface area (Å²) in [6.45, 7) is 9.48. The van der Waals surface area contributed by atoms with Crippen LogP contribution in [0.3, 0.4) is 0 Å². The zero-order valence-electron chi connectivity index (χ0n) is 10.4. The largest absolute Gasteiger partial charge is 0.398 e. The molecule has 1 aromatic heterocycles. The van der Waals surface area contributed by atoms with Crippen molar-refractivity contribution in [2.75, 3.05) is 5.73 Å². The number of aryl methyl sites for hydroxylation is 2. The molecule has 1 heterocycles. The summed E-state index contributed by atoms with van der Waals surface area (Å²) in [7, 11) is 0. The predicted octanol–water partition coefficient (Wildman–Crippen LogP) is 2.89. The molecule has 86 valence electrons. The van der Waals surface area contributed by atoms with Crippen LogP contribution in [0.25, 0.3) is 11.0 Å². The van der Waals surface area contributed by atoms with E-state index in [2.05, 4.69) is 29.5 Å². The Morgan fingerprint density at radius 2 is 2.00 bits per heavy atom. The predicted molar refractivity (Wildman–Crippen MR) is 68.5 cm³/mol. The molecule has 0 spiro atoms. The Morgan fingerprint density at radius 1 is 1.31 bits per heavy atom. The van der Waals surface area contributed by atoms with E-state index in [-0.39, 0.29) is 0 Å². The Balaban J connectivity index is 2.64. The fourth-order valence-corrected chi connectivity index (χ4v) is 2.01. The highest BCUT2D eigenvalue weighted by atomic mass is 15.1. The third-order valence-electron chi connectivity index (χ3n) is 2.87. The van der Waals surface area contributed by atoms with Crippen molar-refractivity contribution in [3.8, 4) is 0 Å². The van der Waals surface area contributed by atoms with Gasteiger partial charge in [0, 0.05) is 12.2 Å². The number of anilines is 1. The quantitative estimate of drug-likeness (QED) is 0.786. The van der Waals surface area contributed by atoms with Gasteiger partial charge in [0.1, 0.15) is 5.82 Å². The van der Waals surface area contributed by atoms with Crippen molar-refractivity contribution in [2.24, 2.45) is 5.92 Å². The summed E-state index contributed by atoms with van der Waals surface area (Å²) in [6.07, 6.45) is 0. The van der Waals surface area contributed by atoms with Gasteiger partial charge in [-0.3, -0.25) is 0 Å². The summed E-state index contributed by atoms with van der Waals surface area (Å²) in [5.74, 6) is 1.67. The Morgan fingerprint density at radius 3 is 2.62 bits per heavy atom. The standard InChI is InChI=1S/C13H19N3/c1-8(2)7-16-10(4)15-12-5-9(3)11(14)6-13(12)16/h5-6,8H,7,14H2,1-4H3. The van der Waals surface area contributed by atoms with Gasteiger partial charge < -0.3 is 10.3 Å². The molecule has 16 heavy (non-hydrogen) atoms. The second kappa shape index (κ2) is 3.81. The van der Waals surface area contributed by atoms with Gasteiger partial charge in [-0.1, -0.05) is 13.8 Å². The van der Waals surface area contributed by atoms with Gasteiger partial charge in [-0.05, 0) is 37.5 Å². The number of benzene rings is 1. The third-order valence-corrected chi connectivity index (χ3v) is 2.87. The second-order valence-corrected chi connectivity index (χ2v) is 4.86. The normalized spacial score (nSPS) is 11.6. The maximum atomic E-state index is 5.95. The van der Waals surface area contributed by atoms with Gasteiger partial charge in [0.05, 0.1) is 11.0 Å². The number of nitrogens with two attached hydrogens (primary N) is 1. The molecule has 2 rings (SSSR count). The lowest BCUT2D eigenvalue weighted by Gasteiger charge is -2.10. The number of imidazole rings is 1. The number of nitrogen functional groups attached to an aromatic ring is 1. The summed E-state index contributed by atoms with van der Waals surface area (Å²) in [6, 6.07) is 4.10. The van der Waals surface area contributed by atoms with Gasteiger partial charge in [0.2, 0.25) is 0 Å². The number of aromatic nitrogens is 2. The molecule has 0 unspecified atom stereocenters. The van der Waals surface area contributed by atoms with Crippen molar-refractivity contribution >= 4 is 16.7 Å². The van der Waals surface area contributed by atoms with Crippen LogP contribution in [0.1, 0.15) is 25.2 Å². The van der Waals surface area contributed by atoms with Gasteiger partial charge in [-0.25, -0.2) is 4.98 Å². The van der Waals surface area contributed by atoms with E-state index < -0.39 is 0 Å². The van der Waals surface area contributed by atoms with Crippen molar-refractivity contribution in [2.45, 2.75) is 34.2 Å². The molecule has 1 aromatic carbocycles. The summed E-state index contributed by atoms with van der Waals surface area (Å²) >= 11 is 0. The molecule has 0 amide bonds. The molecular formula is C13H19N3. The summed E-state index contributed by atoms with van der Waals surface area (Å²) < 4.78 is 2.25. The molecule has 0 aliphatic carbocycles. The summed E-state index contributed by atoms with van der Waals surface area (Å²) in [5, 5.41) is 0.